The number of hydrogen-bond donors (Lipinski definition) is 1. The lowest BCUT2D eigenvalue weighted by molar-refractivity contribution is 0.288. The summed E-state index contributed by atoms with van der Waals surface area (Å²) in [4.78, 5) is 0. The van der Waals surface area contributed by atoms with E-state index in [4.69, 9.17) is 5.11 Å². The van der Waals surface area contributed by atoms with Crippen molar-refractivity contribution in [3.05, 3.63) is 107 Å². The molecule has 0 saturated carbocycles. The van der Waals surface area contributed by atoms with Gasteiger partial charge in [0.2, 0.25) is 0 Å². The molecule has 0 fully saturated rings. The molecule has 32 heavy (non-hydrogen) atoms. The largest absolute Gasteiger partial charge is 0.396 e. The van der Waals surface area contributed by atoms with E-state index in [1.54, 1.807) is 13.0 Å². The predicted octanol–water partition coefficient (Wildman–Crippen LogP) is 7.51. The molecule has 0 spiro atoms. The Morgan fingerprint density at radius 1 is 0.625 bits per heavy atom. The molecule has 0 radical (unpaired) electrons. The summed E-state index contributed by atoms with van der Waals surface area (Å²) in [5.41, 5.74) is 7.45. The van der Waals surface area contributed by atoms with Crippen LogP contribution < -0.4 is 0 Å². The lowest BCUT2D eigenvalue weighted by atomic mass is 9.96. The van der Waals surface area contributed by atoms with Crippen LogP contribution in [-0.2, 0) is 6.42 Å². The van der Waals surface area contributed by atoms with Crippen LogP contribution in [0.1, 0.15) is 23.1 Å². The summed E-state index contributed by atoms with van der Waals surface area (Å²) in [5.74, 6) is -0.687. The van der Waals surface area contributed by atoms with Crippen LogP contribution in [0.4, 0.5) is 8.78 Å². The van der Waals surface area contributed by atoms with Gasteiger partial charge in [-0.05, 0) is 83.3 Å². The van der Waals surface area contributed by atoms with Gasteiger partial charge in [0.1, 0.15) is 11.6 Å². The summed E-state index contributed by atoms with van der Waals surface area (Å²) >= 11 is 0. The molecule has 4 aromatic carbocycles. The highest BCUT2D eigenvalue weighted by molar-refractivity contribution is 5.74. The second kappa shape index (κ2) is 9.46. The molecule has 0 aliphatic heterocycles. The van der Waals surface area contributed by atoms with E-state index in [0.717, 1.165) is 40.7 Å². The van der Waals surface area contributed by atoms with Crippen molar-refractivity contribution in [3.8, 4) is 33.4 Å². The van der Waals surface area contributed by atoms with E-state index < -0.39 is 0 Å². The van der Waals surface area contributed by atoms with Crippen molar-refractivity contribution < 1.29 is 13.9 Å². The molecule has 4 rings (SSSR count). The predicted molar refractivity (Wildman–Crippen MR) is 128 cm³/mol. The molecule has 3 heteroatoms. The molecule has 0 heterocycles. The zero-order valence-electron chi connectivity index (χ0n) is 18.3. The van der Waals surface area contributed by atoms with E-state index in [0.29, 0.717) is 16.7 Å². The van der Waals surface area contributed by atoms with Gasteiger partial charge in [-0.3, -0.25) is 0 Å². The standard InChI is InChI=1S/C29H26F2O/c1-19-16-26(18-28(30)20(19)2)27-14-13-25(17-29(27)31)24-11-9-23(10-12-24)22-7-5-21(6-8-22)4-3-15-32/h5-14,16-18,32H,3-4,15H2,1-2H3. The molecule has 0 bridgehead atoms. The minimum Gasteiger partial charge on any atom is -0.396 e. The van der Waals surface area contributed by atoms with Crippen LogP contribution in [0.25, 0.3) is 33.4 Å². The first kappa shape index (κ1) is 21.9. The van der Waals surface area contributed by atoms with Crippen LogP contribution in [0.15, 0.2) is 78.9 Å². The van der Waals surface area contributed by atoms with E-state index in [1.165, 1.54) is 17.7 Å². The molecular formula is C29H26F2O. The number of benzene rings is 4. The zero-order valence-corrected chi connectivity index (χ0v) is 18.3. The van der Waals surface area contributed by atoms with E-state index in [-0.39, 0.29) is 18.2 Å². The Balaban J connectivity index is 1.56. The first-order valence-electron chi connectivity index (χ1n) is 10.8. The van der Waals surface area contributed by atoms with Crippen LogP contribution in [0.3, 0.4) is 0 Å². The minimum atomic E-state index is -0.368. The van der Waals surface area contributed by atoms with Crippen LogP contribution in [0.5, 0.6) is 0 Å². The fourth-order valence-electron chi connectivity index (χ4n) is 3.90. The fourth-order valence-corrected chi connectivity index (χ4v) is 3.90. The SMILES string of the molecule is Cc1cc(-c2ccc(-c3ccc(-c4ccc(CCCO)cc4)cc3)cc2F)cc(F)c1C. The molecule has 0 aliphatic carbocycles. The van der Waals surface area contributed by atoms with E-state index in [9.17, 15) is 8.78 Å². The topological polar surface area (TPSA) is 20.2 Å². The van der Waals surface area contributed by atoms with Gasteiger partial charge in [-0.15, -0.1) is 0 Å². The molecule has 1 nitrogen and oxygen atoms in total. The average Bonchev–Trinajstić information content (AvgIpc) is 2.81. The van der Waals surface area contributed by atoms with Crippen LogP contribution in [0, 0.1) is 25.5 Å². The first-order chi connectivity index (χ1) is 15.5. The number of halogens is 2. The fraction of sp³-hybridized carbons (Fsp3) is 0.172. The third kappa shape index (κ3) is 4.63. The Morgan fingerprint density at radius 2 is 1.16 bits per heavy atom. The maximum atomic E-state index is 14.9. The summed E-state index contributed by atoms with van der Waals surface area (Å²) in [6, 6.07) is 24.7. The van der Waals surface area contributed by atoms with Crippen molar-refractivity contribution in [1.82, 2.24) is 0 Å². The molecule has 1 N–H and O–H groups in total. The summed E-state index contributed by atoms with van der Waals surface area (Å²) in [5, 5.41) is 8.96. The van der Waals surface area contributed by atoms with Gasteiger partial charge in [0.25, 0.3) is 0 Å². The van der Waals surface area contributed by atoms with Gasteiger partial charge < -0.3 is 5.11 Å². The molecule has 0 aliphatic rings. The Labute approximate surface area is 188 Å². The number of hydrogen-bond acceptors (Lipinski definition) is 1. The quantitative estimate of drug-likeness (QED) is 0.337. The van der Waals surface area contributed by atoms with Crippen LogP contribution in [-0.4, -0.2) is 11.7 Å². The van der Waals surface area contributed by atoms with Crippen LogP contribution >= 0.6 is 0 Å². The summed E-state index contributed by atoms with van der Waals surface area (Å²) in [6.07, 6.45) is 1.63. The molecule has 4 aromatic rings. The smallest absolute Gasteiger partial charge is 0.131 e. The Kier molecular flexibility index (Phi) is 6.48. The van der Waals surface area contributed by atoms with Gasteiger partial charge in [-0.25, -0.2) is 8.78 Å². The van der Waals surface area contributed by atoms with E-state index in [2.05, 4.69) is 24.3 Å². The second-order valence-electron chi connectivity index (χ2n) is 8.20. The van der Waals surface area contributed by atoms with Gasteiger partial charge >= 0.3 is 0 Å². The minimum absolute atomic E-state index is 0.201. The number of rotatable bonds is 6. The lowest BCUT2D eigenvalue weighted by Crippen LogP contribution is -1.92. The molecule has 0 saturated heterocycles. The van der Waals surface area contributed by atoms with E-state index in [1.807, 2.05) is 43.3 Å². The molecule has 0 amide bonds. The molecule has 0 aromatic heterocycles. The van der Waals surface area contributed by atoms with Gasteiger partial charge in [0.15, 0.2) is 0 Å². The Hall–Kier alpha value is -3.30. The highest BCUT2D eigenvalue weighted by Crippen LogP contribution is 2.31. The average molecular weight is 429 g/mol. The lowest BCUT2D eigenvalue weighted by Gasteiger charge is -2.10. The molecule has 0 unspecified atom stereocenters. The Bertz CT molecular complexity index is 1200. The van der Waals surface area contributed by atoms with Crippen LogP contribution in [0.2, 0.25) is 0 Å². The first-order valence-corrected chi connectivity index (χ1v) is 10.8. The summed E-state index contributed by atoms with van der Waals surface area (Å²) in [6.45, 7) is 3.76. The third-order valence-corrected chi connectivity index (χ3v) is 6.01. The maximum absolute atomic E-state index is 14.9. The van der Waals surface area contributed by atoms with Crippen molar-refractivity contribution in [1.29, 1.82) is 0 Å². The third-order valence-electron chi connectivity index (χ3n) is 6.01. The summed E-state index contributed by atoms with van der Waals surface area (Å²) < 4.78 is 29.0. The van der Waals surface area contributed by atoms with Crippen molar-refractivity contribution in [2.45, 2.75) is 26.7 Å². The molecular weight excluding hydrogens is 402 g/mol. The zero-order chi connectivity index (χ0) is 22.7. The van der Waals surface area contributed by atoms with Gasteiger partial charge in [-0.2, -0.15) is 0 Å². The van der Waals surface area contributed by atoms with Gasteiger partial charge in [0.05, 0.1) is 0 Å². The van der Waals surface area contributed by atoms with Gasteiger partial charge in [-0.1, -0.05) is 66.7 Å². The highest BCUT2D eigenvalue weighted by Gasteiger charge is 2.11. The number of aliphatic hydroxyl groups is 1. The number of aryl methyl sites for hydroxylation is 2. The van der Waals surface area contributed by atoms with Crippen molar-refractivity contribution in [2.24, 2.45) is 0 Å². The van der Waals surface area contributed by atoms with Crippen molar-refractivity contribution in [3.63, 3.8) is 0 Å². The number of aliphatic hydroxyl groups excluding tert-OH is 1. The van der Waals surface area contributed by atoms with E-state index >= 15 is 0 Å². The molecule has 0 atom stereocenters. The maximum Gasteiger partial charge on any atom is 0.131 e. The Morgan fingerprint density at radius 3 is 1.72 bits per heavy atom. The summed E-state index contributed by atoms with van der Waals surface area (Å²) in [7, 11) is 0. The normalized spacial score (nSPS) is 11.0. The monoisotopic (exact) mass is 428 g/mol. The molecule has 162 valence electrons. The highest BCUT2D eigenvalue weighted by atomic mass is 19.1. The van der Waals surface area contributed by atoms with Crippen molar-refractivity contribution >= 4 is 0 Å². The van der Waals surface area contributed by atoms with Crippen molar-refractivity contribution in [2.75, 3.05) is 6.61 Å². The second-order valence-corrected chi connectivity index (χ2v) is 8.20. The van der Waals surface area contributed by atoms with Gasteiger partial charge in [0, 0.05) is 12.2 Å².